The van der Waals surface area contributed by atoms with E-state index in [1.54, 1.807) is 12.4 Å². The Hall–Kier alpha value is -4.70. The Kier molecular flexibility index (Phi) is 6.01. The molecule has 1 aromatic carbocycles. The number of aryl methyl sites for hydroxylation is 1. The van der Waals surface area contributed by atoms with Gasteiger partial charge in [-0.25, -0.2) is 19.3 Å². The maximum absolute atomic E-state index is 14.6. The molecule has 190 valence electrons. The van der Waals surface area contributed by atoms with E-state index in [2.05, 4.69) is 35.4 Å². The van der Waals surface area contributed by atoms with Gasteiger partial charge in [-0.15, -0.1) is 0 Å². The van der Waals surface area contributed by atoms with Crippen LogP contribution < -0.4 is 5.32 Å². The number of aromatic amines is 2. The number of likely N-dealkylation sites (N-methyl/N-ethyl adjacent to an activating group) is 1. The lowest BCUT2D eigenvalue weighted by Crippen LogP contribution is -2.20. The lowest BCUT2D eigenvalue weighted by atomic mass is 10.0. The zero-order valence-corrected chi connectivity index (χ0v) is 21.2. The van der Waals surface area contributed by atoms with Crippen molar-refractivity contribution in [2.45, 2.75) is 6.92 Å². The van der Waals surface area contributed by atoms with Crippen LogP contribution in [-0.4, -0.2) is 67.2 Å². The fourth-order valence-electron chi connectivity index (χ4n) is 4.48. The summed E-state index contributed by atoms with van der Waals surface area (Å²) in [5.74, 6) is 0.208. The predicted molar refractivity (Wildman–Crippen MR) is 147 cm³/mol. The highest BCUT2D eigenvalue weighted by atomic mass is 19.1. The monoisotopic (exact) mass is 507 g/mol. The van der Waals surface area contributed by atoms with Crippen LogP contribution in [-0.2, 0) is 0 Å². The van der Waals surface area contributed by atoms with E-state index in [9.17, 15) is 4.39 Å². The van der Waals surface area contributed by atoms with Crippen molar-refractivity contribution in [2.24, 2.45) is 0 Å². The molecule has 0 saturated carbocycles. The van der Waals surface area contributed by atoms with Gasteiger partial charge in [0.15, 0.2) is 17.2 Å². The van der Waals surface area contributed by atoms with Crippen LogP contribution in [0.15, 0.2) is 61.1 Å². The summed E-state index contributed by atoms with van der Waals surface area (Å²) in [4.78, 5) is 23.7. The number of fused-ring (bicyclic) bond motifs is 2. The van der Waals surface area contributed by atoms with Crippen LogP contribution in [0, 0.1) is 12.7 Å². The van der Waals surface area contributed by atoms with Gasteiger partial charge in [0.2, 0.25) is 0 Å². The molecule has 0 amide bonds. The lowest BCUT2D eigenvalue weighted by molar-refractivity contribution is 0.425. The number of nitrogens with zero attached hydrogens (tertiary/aromatic N) is 6. The number of H-pyrrole nitrogens is 2. The molecule has 38 heavy (non-hydrogen) atoms. The predicted octanol–water partition coefficient (Wildman–Crippen LogP) is 5.05. The van der Waals surface area contributed by atoms with Crippen molar-refractivity contribution in [1.29, 1.82) is 0 Å². The Morgan fingerprint density at radius 2 is 1.89 bits per heavy atom. The molecule has 0 aliphatic heterocycles. The summed E-state index contributed by atoms with van der Waals surface area (Å²) in [5.41, 5.74) is 8.34. The van der Waals surface area contributed by atoms with Gasteiger partial charge in [0.05, 0.1) is 16.7 Å². The molecule has 0 unspecified atom stereocenters. The summed E-state index contributed by atoms with van der Waals surface area (Å²) in [5, 5.41) is 10.8. The first-order chi connectivity index (χ1) is 18.5. The van der Waals surface area contributed by atoms with Crippen molar-refractivity contribution in [2.75, 3.05) is 32.5 Å². The van der Waals surface area contributed by atoms with Gasteiger partial charge in [-0.05, 0) is 74.6 Å². The largest absolute Gasteiger partial charge is 0.384 e. The number of hydrogen-bond donors (Lipinski definition) is 3. The van der Waals surface area contributed by atoms with E-state index in [0.717, 1.165) is 40.0 Å². The number of rotatable bonds is 7. The molecule has 5 aromatic heterocycles. The van der Waals surface area contributed by atoms with Crippen molar-refractivity contribution in [3.05, 3.63) is 72.4 Å². The molecule has 9 nitrogen and oxygen atoms in total. The molecule has 0 atom stereocenters. The normalized spacial score (nSPS) is 11.6. The molecule has 0 aliphatic rings. The first-order valence-electron chi connectivity index (χ1n) is 12.3. The molecule has 0 fully saturated rings. The molecule has 0 spiro atoms. The maximum atomic E-state index is 14.6. The highest BCUT2D eigenvalue weighted by Crippen LogP contribution is 2.32. The molecule has 6 aromatic rings. The highest BCUT2D eigenvalue weighted by Gasteiger charge is 2.18. The fraction of sp³-hybridized carbons (Fsp3) is 0.179. The van der Waals surface area contributed by atoms with E-state index >= 15 is 0 Å². The number of hydrogen-bond acceptors (Lipinski definition) is 7. The summed E-state index contributed by atoms with van der Waals surface area (Å²) >= 11 is 0. The summed E-state index contributed by atoms with van der Waals surface area (Å²) in [6.07, 6.45) is 5.25. The minimum absolute atomic E-state index is 0.319. The van der Waals surface area contributed by atoms with Crippen LogP contribution >= 0.6 is 0 Å². The van der Waals surface area contributed by atoms with Crippen LogP contribution in [0.5, 0.6) is 0 Å². The van der Waals surface area contributed by atoms with Crippen molar-refractivity contribution in [3.8, 4) is 33.9 Å². The van der Waals surface area contributed by atoms with E-state index in [1.165, 1.54) is 12.1 Å². The third-order valence-corrected chi connectivity index (χ3v) is 6.44. The molecule has 0 radical (unpaired) electrons. The second-order valence-electron chi connectivity index (χ2n) is 9.46. The molecule has 5 heterocycles. The Morgan fingerprint density at radius 1 is 1.00 bits per heavy atom. The molecular weight excluding hydrogens is 481 g/mol. The smallest absolute Gasteiger partial charge is 0.178 e. The second kappa shape index (κ2) is 9.64. The average molecular weight is 508 g/mol. The van der Waals surface area contributed by atoms with Crippen LogP contribution in [0.2, 0.25) is 0 Å². The maximum Gasteiger partial charge on any atom is 0.178 e. The third-order valence-electron chi connectivity index (χ3n) is 6.44. The van der Waals surface area contributed by atoms with Crippen LogP contribution in [0.3, 0.4) is 0 Å². The topological polar surface area (TPSA) is 111 Å². The van der Waals surface area contributed by atoms with Crippen LogP contribution in [0.25, 0.3) is 56.1 Å². The van der Waals surface area contributed by atoms with Crippen LogP contribution in [0.1, 0.15) is 5.56 Å². The Bertz CT molecular complexity index is 1770. The minimum atomic E-state index is -0.319. The molecule has 6 rings (SSSR count). The van der Waals surface area contributed by atoms with Gasteiger partial charge in [0.25, 0.3) is 0 Å². The van der Waals surface area contributed by atoms with Crippen molar-refractivity contribution in [1.82, 2.24) is 40.0 Å². The number of nitrogens with one attached hydrogen (secondary N) is 3. The molecule has 10 heteroatoms. The van der Waals surface area contributed by atoms with E-state index in [1.807, 2.05) is 57.5 Å². The molecular formula is C28H26FN9. The first-order valence-corrected chi connectivity index (χ1v) is 12.3. The number of imidazole rings is 1. The number of anilines is 1. The van der Waals surface area contributed by atoms with E-state index in [-0.39, 0.29) is 5.82 Å². The quantitative estimate of drug-likeness (QED) is 0.277. The van der Waals surface area contributed by atoms with Gasteiger partial charge >= 0.3 is 0 Å². The van der Waals surface area contributed by atoms with E-state index in [0.29, 0.717) is 40.4 Å². The highest BCUT2D eigenvalue weighted by molar-refractivity contribution is 5.95. The third kappa shape index (κ3) is 4.46. The van der Waals surface area contributed by atoms with E-state index in [4.69, 9.17) is 9.97 Å². The molecule has 0 bridgehead atoms. The van der Waals surface area contributed by atoms with Crippen LogP contribution in [0.4, 0.5) is 10.1 Å². The second-order valence-corrected chi connectivity index (χ2v) is 9.46. The summed E-state index contributed by atoms with van der Waals surface area (Å²) in [7, 11) is 4.00. The Morgan fingerprint density at radius 3 is 2.74 bits per heavy atom. The van der Waals surface area contributed by atoms with Gasteiger partial charge in [-0.2, -0.15) is 5.10 Å². The average Bonchev–Trinajstić information content (AvgIpc) is 3.52. The molecule has 0 saturated heterocycles. The molecule has 3 N–H and O–H groups in total. The SMILES string of the molecule is Cc1ccncc1-c1ccc2[nH]nc(-c3nc4nccc(-c5cc(F)cc(NCCN(C)C)c5)c4[nH]3)c2n1. The lowest BCUT2D eigenvalue weighted by Gasteiger charge is -2.13. The van der Waals surface area contributed by atoms with Gasteiger partial charge < -0.3 is 15.2 Å². The van der Waals surface area contributed by atoms with Crippen molar-refractivity contribution < 1.29 is 4.39 Å². The zero-order valence-electron chi connectivity index (χ0n) is 21.2. The first kappa shape index (κ1) is 23.7. The number of pyridine rings is 3. The number of halogens is 1. The van der Waals surface area contributed by atoms with Gasteiger partial charge in [0.1, 0.15) is 11.3 Å². The Labute approximate surface area is 218 Å². The zero-order chi connectivity index (χ0) is 26.2. The minimum Gasteiger partial charge on any atom is -0.384 e. The number of benzene rings is 1. The molecule has 0 aliphatic carbocycles. The summed E-state index contributed by atoms with van der Waals surface area (Å²) in [6, 6.07) is 12.7. The summed E-state index contributed by atoms with van der Waals surface area (Å²) in [6.45, 7) is 3.57. The van der Waals surface area contributed by atoms with E-state index < -0.39 is 0 Å². The fourth-order valence-corrected chi connectivity index (χ4v) is 4.48. The summed E-state index contributed by atoms with van der Waals surface area (Å²) < 4.78 is 14.6. The van der Waals surface area contributed by atoms with Crippen molar-refractivity contribution in [3.63, 3.8) is 0 Å². The van der Waals surface area contributed by atoms with Gasteiger partial charge in [-0.3, -0.25) is 10.1 Å². The van der Waals surface area contributed by atoms with Crippen molar-refractivity contribution >= 4 is 27.9 Å². The van der Waals surface area contributed by atoms with Gasteiger partial charge in [0, 0.05) is 48.5 Å². The number of aromatic nitrogens is 7. The Balaban J connectivity index is 1.41. The van der Waals surface area contributed by atoms with Gasteiger partial charge in [-0.1, -0.05) is 0 Å². The standard InChI is InChI=1S/C28H26FN9/c1-16-6-8-30-15-21(16)22-4-5-23-25(33-22)26(37-36-23)28-34-24-20(7-9-32-27(24)35-28)17-12-18(29)14-19(13-17)31-10-11-38(2)3/h4-9,12-15,31H,10-11H2,1-3H3,(H,36,37)(H,32,34,35).